The summed E-state index contributed by atoms with van der Waals surface area (Å²) in [6, 6.07) is 10.7. The van der Waals surface area contributed by atoms with E-state index in [4.69, 9.17) is 25.8 Å². The maximum absolute atomic E-state index is 12.2. The van der Waals surface area contributed by atoms with Crippen molar-refractivity contribution < 1.29 is 19.0 Å². The van der Waals surface area contributed by atoms with E-state index in [1.807, 2.05) is 18.2 Å². The number of anilines is 1. The van der Waals surface area contributed by atoms with Gasteiger partial charge in [0, 0.05) is 12.1 Å². The first kappa shape index (κ1) is 16.5. The van der Waals surface area contributed by atoms with Gasteiger partial charge < -0.3 is 19.5 Å². The molecule has 3 rings (SSSR count). The van der Waals surface area contributed by atoms with Crippen LogP contribution >= 0.6 is 11.6 Å². The molecule has 0 spiro atoms. The Kier molecular flexibility index (Phi) is 5.11. The zero-order valence-electron chi connectivity index (χ0n) is 13.3. The third-order valence-corrected chi connectivity index (χ3v) is 3.91. The van der Waals surface area contributed by atoms with E-state index in [-0.39, 0.29) is 12.3 Å². The van der Waals surface area contributed by atoms with E-state index in [1.165, 1.54) is 0 Å². The van der Waals surface area contributed by atoms with Gasteiger partial charge in [0.1, 0.15) is 5.75 Å². The van der Waals surface area contributed by atoms with Crippen molar-refractivity contribution in [2.75, 3.05) is 25.6 Å². The molecule has 0 aliphatic carbocycles. The minimum Gasteiger partial charge on any atom is -0.495 e. The lowest BCUT2D eigenvalue weighted by atomic mass is 10.1. The maximum Gasteiger partial charge on any atom is 0.228 e. The molecule has 5 nitrogen and oxygen atoms in total. The molecule has 2 aromatic carbocycles. The summed E-state index contributed by atoms with van der Waals surface area (Å²) in [6.45, 7) is 1.26. The zero-order chi connectivity index (χ0) is 16.9. The number of benzene rings is 2. The molecule has 24 heavy (non-hydrogen) atoms. The van der Waals surface area contributed by atoms with Crippen molar-refractivity contribution in [3.8, 4) is 17.2 Å². The summed E-state index contributed by atoms with van der Waals surface area (Å²) in [5.41, 5.74) is 1.48. The van der Waals surface area contributed by atoms with Crippen LogP contribution < -0.4 is 19.5 Å². The monoisotopic (exact) mass is 347 g/mol. The van der Waals surface area contributed by atoms with Crippen molar-refractivity contribution in [1.82, 2.24) is 0 Å². The average molecular weight is 348 g/mol. The molecule has 1 N–H and O–H groups in total. The predicted octanol–water partition coefficient (Wildman–Crippen LogP) is 3.69. The molecule has 0 fully saturated rings. The van der Waals surface area contributed by atoms with Gasteiger partial charge in [-0.05, 0) is 35.9 Å². The number of rotatable bonds is 4. The van der Waals surface area contributed by atoms with E-state index in [2.05, 4.69) is 5.32 Å². The van der Waals surface area contributed by atoms with Gasteiger partial charge in [-0.15, -0.1) is 0 Å². The van der Waals surface area contributed by atoms with Gasteiger partial charge in [0.15, 0.2) is 11.5 Å². The molecule has 0 saturated carbocycles. The quantitative estimate of drug-likeness (QED) is 0.916. The third kappa shape index (κ3) is 3.92. The second-order valence-electron chi connectivity index (χ2n) is 5.41. The van der Waals surface area contributed by atoms with Crippen LogP contribution in [0.1, 0.15) is 12.0 Å². The molecular formula is C18H18ClNO4. The second-order valence-corrected chi connectivity index (χ2v) is 5.81. The normalized spacial score (nSPS) is 13.1. The molecule has 1 heterocycles. The Labute approximate surface area is 145 Å². The first-order valence-electron chi connectivity index (χ1n) is 7.67. The summed E-state index contributed by atoms with van der Waals surface area (Å²) in [7, 11) is 1.55. The second kappa shape index (κ2) is 7.45. The highest BCUT2D eigenvalue weighted by molar-refractivity contribution is 6.32. The fourth-order valence-electron chi connectivity index (χ4n) is 2.45. The van der Waals surface area contributed by atoms with Crippen LogP contribution in [0.2, 0.25) is 5.02 Å². The largest absolute Gasteiger partial charge is 0.495 e. The summed E-state index contributed by atoms with van der Waals surface area (Å²) >= 11 is 6.06. The molecule has 0 radical (unpaired) electrons. The Morgan fingerprint density at radius 3 is 2.71 bits per heavy atom. The van der Waals surface area contributed by atoms with Gasteiger partial charge in [-0.2, -0.15) is 0 Å². The van der Waals surface area contributed by atoms with E-state index in [0.29, 0.717) is 35.4 Å². The topological polar surface area (TPSA) is 56.8 Å². The molecule has 1 amide bonds. The maximum atomic E-state index is 12.2. The van der Waals surface area contributed by atoms with Crippen molar-refractivity contribution >= 4 is 23.2 Å². The van der Waals surface area contributed by atoms with Crippen LogP contribution in [-0.2, 0) is 11.2 Å². The Bertz CT molecular complexity index is 748. The Balaban J connectivity index is 1.66. The standard InChI is InChI=1S/C18H18ClNO4/c1-22-15-6-4-13(11-14(15)19)20-18(21)10-12-3-5-16-17(9-12)24-8-2-7-23-16/h3-6,9,11H,2,7-8,10H2,1H3,(H,20,21). The van der Waals surface area contributed by atoms with Crippen LogP contribution in [-0.4, -0.2) is 26.2 Å². The van der Waals surface area contributed by atoms with E-state index in [9.17, 15) is 4.79 Å². The number of ether oxygens (including phenoxy) is 3. The van der Waals surface area contributed by atoms with Crippen molar-refractivity contribution in [3.63, 3.8) is 0 Å². The number of carbonyl (C=O) groups excluding carboxylic acids is 1. The lowest BCUT2D eigenvalue weighted by molar-refractivity contribution is -0.115. The lowest BCUT2D eigenvalue weighted by Crippen LogP contribution is -2.14. The number of nitrogens with one attached hydrogen (secondary N) is 1. The SMILES string of the molecule is COc1ccc(NC(=O)Cc2ccc3c(c2)OCCCO3)cc1Cl. The third-order valence-electron chi connectivity index (χ3n) is 3.61. The summed E-state index contributed by atoms with van der Waals surface area (Å²) < 4.78 is 16.3. The van der Waals surface area contributed by atoms with Crippen molar-refractivity contribution in [3.05, 3.63) is 47.0 Å². The van der Waals surface area contributed by atoms with Gasteiger partial charge >= 0.3 is 0 Å². The van der Waals surface area contributed by atoms with Crippen LogP contribution in [0.5, 0.6) is 17.2 Å². The minimum atomic E-state index is -0.134. The summed E-state index contributed by atoms with van der Waals surface area (Å²) in [6.07, 6.45) is 1.09. The summed E-state index contributed by atoms with van der Waals surface area (Å²) in [5, 5.41) is 3.27. The van der Waals surface area contributed by atoms with Gasteiger partial charge in [-0.1, -0.05) is 17.7 Å². The molecule has 0 unspecified atom stereocenters. The molecule has 1 aliphatic rings. The fraction of sp³-hybridized carbons (Fsp3) is 0.278. The van der Waals surface area contributed by atoms with Gasteiger partial charge in [0.05, 0.1) is 31.8 Å². The minimum absolute atomic E-state index is 0.134. The van der Waals surface area contributed by atoms with Gasteiger partial charge in [0.25, 0.3) is 0 Å². The lowest BCUT2D eigenvalue weighted by Gasteiger charge is -2.10. The smallest absolute Gasteiger partial charge is 0.228 e. The highest BCUT2D eigenvalue weighted by atomic mass is 35.5. The Morgan fingerprint density at radius 1 is 1.17 bits per heavy atom. The van der Waals surface area contributed by atoms with Crippen LogP contribution in [0.15, 0.2) is 36.4 Å². The predicted molar refractivity (Wildman–Crippen MR) is 92.4 cm³/mol. The number of carbonyl (C=O) groups is 1. The first-order chi connectivity index (χ1) is 11.7. The molecule has 1 aliphatic heterocycles. The molecule has 2 aromatic rings. The molecule has 0 bridgehead atoms. The number of hydrogen-bond acceptors (Lipinski definition) is 4. The Morgan fingerprint density at radius 2 is 1.96 bits per heavy atom. The van der Waals surface area contributed by atoms with Crippen LogP contribution in [0.3, 0.4) is 0 Å². The van der Waals surface area contributed by atoms with E-state index in [1.54, 1.807) is 25.3 Å². The average Bonchev–Trinajstić information content (AvgIpc) is 2.80. The highest BCUT2D eigenvalue weighted by Crippen LogP contribution is 2.31. The highest BCUT2D eigenvalue weighted by Gasteiger charge is 2.13. The number of halogens is 1. The number of methoxy groups -OCH3 is 1. The summed E-state index contributed by atoms with van der Waals surface area (Å²) in [5.74, 6) is 1.84. The molecule has 0 saturated heterocycles. The van der Waals surface area contributed by atoms with E-state index < -0.39 is 0 Å². The summed E-state index contributed by atoms with van der Waals surface area (Å²) in [4.78, 5) is 12.2. The van der Waals surface area contributed by atoms with Gasteiger partial charge in [0.2, 0.25) is 5.91 Å². The van der Waals surface area contributed by atoms with Gasteiger partial charge in [-0.3, -0.25) is 4.79 Å². The fourth-order valence-corrected chi connectivity index (χ4v) is 2.71. The van der Waals surface area contributed by atoms with Crippen LogP contribution in [0.4, 0.5) is 5.69 Å². The van der Waals surface area contributed by atoms with E-state index >= 15 is 0 Å². The van der Waals surface area contributed by atoms with Crippen LogP contribution in [0.25, 0.3) is 0 Å². The molecular weight excluding hydrogens is 330 g/mol. The number of hydrogen-bond donors (Lipinski definition) is 1. The Hall–Kier alpha value is -2.40. The van der Waals surface area contributed by atoms with Crippen LogP contribution in [0, 0.1) is 0 Å². The zero-order valence-corrected chi connectivity index (χ0v) is 14.1. The number of fused-ring (bicyclic) bond motifs is 1. The molecule has 0 atom stereocenters. The van der Waals surface area contributed by atoms with Crippen molar-refractivity contribution in [2.45, 2.75) is 12.8 Å². The van der Waals surface area contributed by atoms with Crippen molar-refractivity contribution in [2.24, 2.45) is 0 Å². The van der Waals surface area contributed by atoms with Gasteiger partial charge in [-0.25, -0.2) is 0 Å². The van der Waals surface area contributed by atoms with E-state index in [0.717, 1.165) is 17.7 Å². The molecule has 0 aromatic heterocycles. The van der Waals surface area contributed by atoms with Crippen molar-refractivity contribution in [1.29, 1.82) is 0 Å². The molecule has 6 heteroatoms. The molecule has 126 valence electrons. The number of amides is 1. The first-order valence-corrected chi connectivity index (χ1v) is 8.05.